The highest BCUT2D eigenvalue weighted by Crippen LogP contribution is 2.27. The van der Waals surface area contributed by atoms with E-state index in [4.69, 9.17) is 0 Å². The quantitative estimate of drug-likeness (QED) is 0.609. The van der Waals surface area contributed by atoms with Gasteiger partial charge in [0.1, 0.15) is 0 Å². The Hall–Kier alpha value is -3.40. The lowest BCUT2D eigenvalue weighted by molar-refractivity contribution is -0.126. The zero-order valence-corrected chi connectivity index (χ0v) is 16.5. The lowest BCUT2D eigenvalue weighted by atomic mass is 9.88. The Morgan fingerprint density at radius 1 is 0.690 bits per heavy atom. The molecule has 29 heavy (non-hydrogen) atoms. The van der Waals surface area contributed by atoms with Gasteiger partial charge in [-0.25, -0.2) is 0 Å². The molecule has 148 valence electrons. The summed E-state index contributed by atoms with van der Waals surface area (Å²) in [7, 11) is 0. The summed E-state index contributed by atoms with van der Waals surface area (Å²) < 4.78 is 0. The summed E-state index contributed by atoms with van der Waals surface area (Å²) in [4.78, 5) is 24.8. The first-order chi connectivity index (χ1) is 14.1. The van der Waals surface area contributed by atoms with Crippen LogP contribution in [0.1, 0.15) is 42.0 Å². The smallest absolute Gasteiger partial charge is 0.239 e. The van der Waals surface area contributed by atoms with Crippen LogP contribution in [0.5, 0.6) is 0 Å². The van der Waals surface area contributed by atoms with Crippen LogP contribution in [0.3, 0.4) is 0 Å². The molecule has 3 aromatic rings. The SMILES string of the molecule is CC(NC(=O)CNC(=O)CC(c1ccccc1)c1ccccc1)c1ccccc1. The molecule has 0 aliphatic rings. The molecule has 0 bridgehead atoms. The number of benzene rings is 3. The van der Waals surface area contributed by atoms with Crippen molar-refractivity contribution in [2.24, 2.45) is 0 Å². The van der Waals surface area contributed by atoms with E-state index < -0.39 is 0 Å². The number of nitrogens with one attached hydrogen (secondary N) is 2. The minimum absolute atomic E-state index is 0.0354. The maximum absolute atomic E-state index is 12.6. The number of hydrogen-bond donors (Lipinski definition) is 2. The molecule has 2 amide bonds. The van der Waals surface area contributed by atoms with Crippen molar-refractivity contribution in [2.45, 2.75) is 25.3 Å². The van der Waals surface area contributed by atoms with Gasteiger partial charge in [0.2, 0.25) is 11.8 Å². The highest BCUT2D eigenvalue weighted by atomic mass is 16.2. The first-order valence-electron chi connectivity index (χ1n) is 9.84. The van der Waals surface area contributed by atoms with Crippen molar-refractivity contribution >= 4 is 11.8 Å². The summed E-state index contributed by atoms with van der Waals surface area (Å²) in [5.74, 6) is -0.403. The van der Waals surface area contributed by atoms with E-state index in [0.29, 0.717) is 0 Å². The molecule has 0 aliphatic heterocycles. The summed E-state index contributed by atoms with van der Waals surface area (Å²) in [6, 6.07) is 29.6. The lowest BCUT2D eigenvalue weighted by Crippen LogP contribution is -2.38. The van der Waals surface area contributed by atoms with Crippen LogP contribution in [0.15, 0.2) is 91.0 Å². The molecule has 0 aliphatic carbocycles. The average molecular weight is 386 g/mol. The molecule has 4 nitrogen and oxygen atoms in total. The molecule has 1 unspecified atom stereocenters. The second kappa shape index (κ2) is 10.2. The molecule has 1 atom stereocenters. The van der Waals surface area contributed by atoms with E-state index in [1.807, 2.05) is 97.9 Å². The fourth-order valence-electron chi connectivity index (χ4n) is 3.35. The molecule has 0 saturated carbocycles. The van der Waals surface area contributed by atoms with Crippen LogP contribution in [0.25, 0.3) is 0 Å². The van der Waals surface area contributed by atoms with Crippen molar-refractivity contribution in [3.63, 3.8) is 0 Å². The van der Waals surface area contributed by atoms with Gasteiger partial charge in [0.05, 0.1) is 12.6 Å². The predicted octanol–water partition coefficient (Wildman–Crippen LogP) is 4.20. The second-order valence-corrected chi connectivity index (χ2v) is 7.05. The summed E-state index contributed by atoms with van der Waals surface area (Å²) in [6.45, 7) is 1.89. The minimum Gasteiger partial charge on any atom is -0.348 e. The van der Waals surface area contributed by atoms with Gasteiger partial charge in [-0.2, -0.15) is 0 Å². The van der Waals surface area contributed by atoms with Crippen molar-refractivity contribution in [3.05, 3.63) is 108 Å². The normalized spacial score (nSPS) is 11.7. The summed E-state index contributed by atoms with van der Waals surface area (Å²) in [5.41, 5.74) is 3.19. The number of rotatable bonds is 8. The Morgan fingerprint density at radius 3 is 1.62 bits per heavy atom. The van der Waals surface area contributed by atoms with Crippen molar-refractivity contribution < 1.29 is 9.59 Å². The van der Waals surface area contributed by atoms with E-state index in [1.165, 1.54) is 0 Å². The third-order valence-electron chi connectivity index (χ3n) is 4.92. The second-order valence-electron chi connectivity index (χ2n) is 7.05. The fourth-order valence-corrected chi connectivity index (χ4v) is 3.35. The molecule has 3 aromatic carbocycles. The van der Waals surface area contributed by atoms with Gasteiger partial charge in [-0.1, -0.05) is 91.0 Å². The van der Waals surface area contributed by atoms with E-state index in [2.05, 4.69) is 10.6 Å². The van der Waals surface area contributed by atoms with Gasteiger partial charge in [-0.05, 0) is 23.6 Å². The van der Waals surface area contributed by atoms with Crippen LogP contribution in [-0.4, -0.2) is 18.4 Å². The van der Waals surface area contributed by atoms with Gasteiger partial charge in [-0.15, -0.1) is 0 Å². The van der Waals surface area contributed by atoms with Crippen LogP contribution < -0.4 is 10.6 Å². The predicted molar refractivity (Wildman–Crippen MR) is 115 cm³/mol. The molecule has 4 heteroatoms. The molecular weight excluding hydrogens is 360 g/mol. The number of carbonyl (C=O) groups is 2. The zero-order chi connectivity index (χ0) is 20.5. The topological polar surface area (TPSA) is 58.2 Å². The Labute approximate surface area is 172 Å². The molecule has 0 fully saturated rings. The number of amides is 2. The molecule has 0 spiro atoms. The van der Waals surface area contributed by atoms with Crippen LogP contribution in [0, 0.1) is 0 Å². The molecule has 3 rings (SSSR count). The maximum Gasteiger partial charge on any atom is 0.239 e. The Kier molecular flexibility index (Phi) is 7.17. The number of hydrogen-bond acceptors (Lipinski definition) is 2. The molecule has 0 aromatic heterocycles. The summed E-state index contributed by atoms with van der Waals surface area (Å²) in [6.07, 6.45) is 0.287. The molecule has 0 radical (unpaired) electrons. The summed E-state index contributed by atoms with van der Waals surface area (Å²) >= 11 is 0. The average Bonchev–Trinajstić information content (AvgIpc) is 2.78. The van der Waals surface area contributed by atoms with Gasteiger partial charge >= 0.3 is 0 Å². The van der Waals surface area contributed by atoms with Gasteiger partial charge in [0.25, 0.3) is 0 Å². The first kappa shape index (κ1) is 20.3. The third-order valence-corrected chi connectivity index (χ3v) is 4.92. The Balaban J connectivity index is 1.57. The maximum atomic E-state index is 12.6. The van der Waals surface area contributed by atoms with Crippen LogP contribution >= 0.6 is 0 Å². The number of carbonyl (C=O) groups excluding carboxylic acids is 2. The van der Waals surface area contributed by atoms with E-state index in [1.54, 1.807) is 0 Å². The van der Waals surface area contributed by atoms with E-state index in [0.717, 1.165) is 16.7 Å². The van der Waals surface area contributed by atoms with E-state index >= 15 is 0 Å². The van der Waals surface area contributed by atoms with Gasteiger partial charge in [0.15, 0.2) is 0 Å². The summed E-state index contributed by atoms with van der Waals surface area (Å²) in [5, 5.41) is 5.67. The highest BCUT2D eigenvalue weighted by Gasteiger charge is 2.18. The fraction of sp³-hybridized carbons (Fsp3) is 0.200. The zero-order valence-electron chi connectivity index (χ0n) is 16.5. The molecule has 2 N–H and O–H groups in total. The van der Waals surface area contributed by atoms with E-state index in [9.17, 15) is 9.59 Å². The monoisotopic (exact) mass is 386 g/mol. The van der Waals surface area contributed by atoms with Crippen LogP contribution in [0.4, 0.5) is 0 Å². The first-order valence-corrected chi connectivity index (χ1v) is 9.84. The molecule has 0 saturated heterocycles. The van der Waals surface area contributed by atoms with Crippen molar-refractivity contribution in [1.82, 2.24) is 10.6 Å². The molecule has 0 heterocycles. The highest BCUT2D eigenvalue weighted by molar-refractivity contribution is 5.85. The van der Waals surface area contributed by atoms with Crippen molar-refractivity contribution in [2.75, 3.05) is 6.54 Å². The van der Waals surface area contributed by atoms with Gasteiger partial charge in [0, 0.05) is 12.3 Å². The Morgan fingerprint density at radius 2 is 1.14 bits per heavy atom. The van der Waals surface area contributed by atoms with E-state index in [-0.39, 0.29) is 36.7 Å². The van der Waals surface area contributed by atoms with Gasteiger partial charge < -0.3 is 10.6 Å². The third kappa shape index (κ3) is 6.04. The van der Waals surface area contributed by atoms with Crippen LogP contribution in [-0.2, 0) is 9.59 Å². The standard InChI is InChI=1S/C25H26N2O2/c1-19(20-11-5-2-6-12-20)27-25(29)18-26-24(28)17-23(21-13-7-3-8-14-21)22-15-9-4-10-16-22/h2-16,19,23H,17-18H2,1H3,(H,26,28)(H,27,29). The van der Waals surface area contributed by atoms with Crippen LogP contribution in [0.2, 0.25) is 0 Å². The largest absolute Gasteiger partial charge is 0.348 e. The molecular formula is C25H26N2O2. The van der Waals surface area contributed by atoms with Gasteiger partial charge in [-0.3, -0.25) is 9.59 Å². The lowest BCUT2D eigenvalue weighted by Gasteiger charge is -2.18. The van der Waals surface area contributed by atoms with Crippen molar-refractivity contribution in [3.8, 4) is 0 Å². The Bertz CT molecular complexity index is 872. The van der Waals surface area contributed by atoms with Crippen molar-refractivity contribution in [1.29, 1.82) is 0 Å². The minimum atomic E-state index is -0.203.